The third-order valence-corrected chi connectivity index (χ3v) is 14.2. The van der Waals surface area contributed by atoms with Crippen LogP contribution in [-0.2, 0) is 11.2 Å². The fourth-order valence-corrected chi connectivity index (χ4v) is 11.8. The van der Waals surface area contributed by atoms with Gasteiger partial charge in [0.2, 0.25) is 0 Å². The standard InChI is InChI=1S/C36H38FN3O4S2/c1-34-16-20-18-38-40(23-7-5-22(37)6-8-23)28(20)14-21(34)4-10-25-26-12-13-36(43,35(26,2)17-29(41)32(25)34)31(42)19-45-33-39-27-11-9-24(44-3)15-30(27)46-33/h5-9,11,14-15,18,25-26,29,32,41,43H,4,10,12-13,16-17,19H2,1-3H3. The molecular weight excluding hydrogens is 622 g/mol. The molecule has 4 aliphatic rings. The molecule has 0 amide bonds. The maximum Gasteiger partial charge on any atom is 0.175 e. The maximum absolute atomic E-state index is 13.9. The van der Waals surface area contributed by atoms with E-state index in [1.807, 2.05) is 29.1 Å². The summed E-state index contributed by atoms with van der Waals surface area (Å²) in [5.74, 6) is 0.856. The molecule has 3 saturated carbocycles. The second-order valence-corrected chi connectivity index (χ2v) is 16.4. The van der Waals surface area contributed by atoms with E-state index in [1.54, 1.807) is 19.2 Å². The van der Waals surface area contributed by atoms with Crippen LogP contribution in [0.3, 0.4) is 0 Å². The molecule has 240 valence electrons. The first-order valence-corrected chi connectivity index (χ1v) is 17.9. The van der Waals surface area contributed by atoms with Crippen LogP contribution >= 0.6 is 23.1 Å². The number of rotatable bonds is 6. The zero-order chi connectivity index (χ0) is 32.0. The van der Waals surface area contributed by atoms with E-state index in [0.29, 0.717) is 12.8 Å². The summed E-state index contributed by atoms with van der Waals surface area (Å²) in [5.41, 5.74) is 2.73. The number of thiazole rings is 1. The monoisotopic (exact) mass is 659 g/mol. The first-order chi connectivity index (χ1) is 22.0. The minimum atomic E-state index is -1.48. The Morgan fingerprint density at radius 1 is 1.20 bits per heavy atom. The molecule has 8 rings (SSSR count). The van der Waals surface area contributed by atoms with E-state index in [9.17, 15) is 19.4 Å². The summed E-state index contributed by atoms with van der Waals surface area (Å²) >= 11 is 2.91. The lowest BCUT2D eigenvalue weighted by atomic mass is 9.45. The number of allylic oxidation sites excluding steroid dienone is 1. The van der Waals surface area contributed by atoms with Gasteiger partial charge in [0.1, 0.15) is 17.2 Å². The predicted octanol–water partition coefficient (Wildman–Crippen LogP) is 6.88. The third-order valence-electron chi connectivity index (χ3n) is 12.0. The minimum Gasteiger partial charge on any atom is -0.497 e. The fraction of sp³-hybridized carbons (Fsp3) is 0.472. The van der Waals surface area contributed by atoms with Crippen molar-refractivity contribution in [2.24, 2.45) is 28.6 Å². The summed E-state index contributed by atoms with van der Waals surface area (Å²) in [4.78, 5) is 18.6. The van der Waals surface area contributed by atoms with Crippen molar-refractivity contribution in [3.63, 3.8) is 0 Å². The SMILES string of the molecule is COc1ccc2nc(SCC(=O)C3(O)CCC4C5CCC6=Cc7c(cnn7-c7ccc(F)cc7)CC6(C)C5C(O)CC43C)sc2c1. The number of aliphatic hydroxyl groups is 2. The van der Waals surface area contributed by atoms with Crippen molar-refractivity contribution in [2.45, 2.75) is 68.4 Å². The van der Waals surface area contributed by atoms with Gasteiger partial charge in [-0.05, 0) is 116 Å². The average Bonchev–Trinajstić information content (AvgIpc) is 3.71. The number of aromatic nitrogens is 3. The Morgan fingerprint density at radius 2 is 2.00 bits per heavy atom. The molecular formula is C36H38FN3O4S2. The van der Waals surface area contributed by atoms with Crippen molar-refractivity contribution >= 4 is 45.2 Å². The van der Waals surface area contributed by atoms with Crippen LogP contribution in [0.25, 0.3) is 22.0 Å². The molecule has 7 atom stereocenters. The van der Waals surface area contributed by atoms with Gasteiger partial charge in [0.05, 0.1) is 46.8 Å². The second kappa shape index (κ2) is 10.7. The number of thioether (sulfide) groups is 1. The number of ether oxygens (including phenoxy) is 1. The molecule has 0 aliphatic heterocycles. The van der Waals surface area contributed by atoms with Crippen LogP contribution in [0.15, 0.2) is 58.6 Å². The van der Waals surface area contributed by atoms with Gasteiger partial charge in [-0.25, -0.2) is 14.1 Å². The summed E-state index contributed by atoms with van der Waals surface area (Å²) in [5, 5.41) is 28.9. The van der Waals surface area contributed by atoms with Gasteiger partial charge in [-0.1, -0.05) is 31.2 Å². The molecule has 2 N–H and O–H groups in total. The normalized spacial score (nSPS) is 33.1. The van der Waals surface area contributed by atoms with Crippen molar-refractivity contribution in [3.8, 4) is 11.4 Å². The first-order valence-electron chi connectivity index (χ1n) is 16.1. The zero-order valence-electron chi connectivity index (χ0n) is 26.2. The topological polar surface area (TPSA) is 97.5 Å². The van der Waals surface area contributed by atoms with Crippen molar-refractivity contribution in [3.05, 3.63) is 71.3 Å². The zero-order valence-corrected chi connectivity index (χ0v) is 27.8. The number of aliphatic hydroxyl groups excluding tert-OH is 1. The lowest BCUT2D eigenvalue weighted by Gasteiger charge is -2.60. The predicted molar refractivity (Wildman–Crippen MR) is 178 cm³/mol. The largest absolute Gasteiger partial charge is 0.497 e. The van der Waals surface area contributed by atoms with Gasteiger partial charge in [-0.2, -0.15) is 5.10 Å². The van der Waals surface area contributed by atoms with Crippen LogP contribution in [0, 0.1) is 34.4 Å². The fourth-order valence-electron chi connectivity index (χ4n) is 9.75. The van der Waals surface area contributed by atoms with Gasteiger partial charge in [0.25, 0.3) is 0 Å². The van der Waals surface area contributed by atoms with Crippen LogP contribution in [0.4, 0.5) is 4.39 Å². The summed E-state index contributed by atoms with van der Waals surface area (Å²) in [7, 11) is 1.64. The van der Waals surface area contributed by atoms with E-state index >= 15 is 0 Å². The number of ketones is 1. The molecule has 2 heterocycles. The number of halogens is 1. The van der Waals surface area contributed by atoms with Gasteiger partial charge in [-0.15, -0.1) is 11.3 Å². The molecule has 2 aromatic carbocycles. The Bertz CT molecular complexity index is 1890. The Hall–Kier alpha value is -3.05. The van der Waals surface area contributed by atoms with Crippen LogP contribution < -0.4 is 4.74 Å². The maximum atomic E-state index is 13.9. The van der Waals surface area contributed by atoms with Gasteiger partial charge in [-0.3, -0.25) is 4.79 Å². The minimum absolute atomic E-state index is 0.0273. The van der Waals surface area contributed by atoms with E-state index in [-0.39, 0.29) is 40.5 Å². The quantitative estimate of drug-likeness (QED) is 0.218. The first kappa shape index (κ1) is 30.3. The molecule has 0 radical (unpaired) electrons. The lowest BCUT2D eigenvalue weighted by molar-refractivity contribution is -0.177. The number of benzene rings is 2. The van der Waals surface area contributed by atoms with E-state index in [4.69, 9.17) is 4.74 Å². The molecule has 0 spiro atoms. The summed E-state index contributed by atoms with van der Waals surface area (Å²) < 4.78 is 22.6. The van der Waals surface area contributed by atoms with Crippen molar-refractivity contribution < 1.29 is 24.1 Å². The van der Waals surface area contributed by atoms with E-state index in [2.05, 4.69) is 30.0 Å². The second-order valence-electron chi connectivity index (χ2n) is 14.2. The summed E-state index contributed by atoms with van der Waals surface area (Å²) in [6, 6.07) is 12.1. The molecule has 3 fully saturated rings. The highest BCUT2D eigenvalue weighted by atomic mass is 32.2. The average molecular weight is 660 g/mol. The Balaban J connectivity index is 1.03. The van der Waals surface area contributed by atoms with E-state index in [0.717, 1.165) is 62.9 Å². The highest BCUT2D eigenvalue weighted by Crippen LogP contribution is 2.67. The van der Waals surface area contributed by atoms with Gasteiger partial charge < -0.3 is 14.9 Å². The smallest absolute Gasteiger partial charge is 0.175 e. The molecule has 0 saturated heterocycles. The van der Waals surface area contributed by atoms with Crippen LogP contribution in [0.1, 0.15) is 57.2 Å². The third kappa shape index (κ3) is 4.39. The highest BCUT2D eigenvalue weighted by Gasteiger charge is 2.68. The Kier molecular flexibility index (Phi) is 7.07. The number of nitrogens with zero attached hydrogens (tertiary/aromatic N) is 3. The van der Waals surface area contributed by atoms with Crippen LogP contribution in [-0.4, -0.2) is 55.3 Å². The molecule has 46 heavy (non-hydrogen) atoms. The summed E-state index contributed by atoms with van der Waals surface area (Å²) in [6.07, 6.45) is 7.70. The van der Waals surface area contributed by atoms with Crippen molar-refractivity contribution in [2.75, 3.05) is 12.9 Å². The number of methoxy groups -OCH3 is 1. The van der Waals surface area contributed by atoms with Gasteiger partial charge >= 0.3 is 0 Å². The highest BCUT2D eigenvalue weighted by molar-refractivity contribution is 8.01. The van der Waals surface area contributed by atoms with E-state index < -0.39 is 17.1 Å². The molecule has 4 aliphatic carbocycles. The van der Waals surface area contributed by atoms with Crippen LogP contribution in [0.2, 0.25) is 0 Å². The number of fused-ring (bicyclic) bond motifs is 7. The molecule has 2 aromatic heterocycles. The summed E-state index contributed by atoms with van der Waals surface area (Å²) in [6.45, 7) is 4.34. The van der Waals surface area contributed by atoms with E-state index in [1.165, 1.54) is 40.8 Å². The number of Topliss-reactive ketones (excluding diaryl/α,β-unsaturated/α-hetero) is 1. The Morgan fingerprint density at radius 3 is 2.78 bits per heavy atom. The number of hydrogen-bond donors (Lipinski definition) is 2. The van der Waals surface area contributed by atoms with Gasteiger partial charge in [0.15, 0.2) is 10.1 Å². The molecule has 0 bridgehead atoms. The van der Waals surface area contributed by atoms with Crippen LogP contribution in [0.5, 0.6) is 5.75 Å². The number of carbonyl (C=O) groups is 1. The molecule has 4 aromatic rings. The Labute approximate surface area is 275 Å². The number of carbonyl (C=O) groups excluding carboxylic acids is 1. The molecule has 7 nitrogen and oxygen atoms in total. The number of hydrogen-bond acceptors (Lipinski definition) is 8. The van der Waals surface area contributed by atoms with Crippen molar-refractivity contribution in [1.29, 1.82) is 0 Å². The lowest BCUT2D eigenvalue weighted by Crippen LogP contribution is -2.62. The van der Waals surface area contributed by atoms with Gasteiger partial charge in [0, 0.05) is 5.41 Å². The molecule has 7 unspecified atom stereocenters. The molecule has 10 heteroatoms. The van der Waals surface area contributed by atoms with Crippen molar-refractivity contribution in [1.82, 2.24) is 14.8 Å².